The first-order valence-corrected chi connectivity index (χ1v) is 51.3. The van der Waals surface area contributed by atoms with Gasteiger partial charge >= 0.3 is 154 Å². The Kier molecular flexibility index (Phi) is 61.4. The van der Waals surface area contributed by atoms with E-state index in [4.69, 9.17) is 54.0 Å². The number of carbonyl (C=O) groups is 3. The van der Waals surface area contributed by atoms with E-state index < -0.39 is 79.5 Å². The van der Waals surface area contributed by atoms with Crippen LogP contribution in [0.2, 0.25) is 5.15 Å². The number of carbonyl (C=O) groups excluding carboxylic acids is 3. The second kappa shape index (κ2) is 68.2. The van der Waals surface area contributed by atoms with Crippen molar-refractivity contribution in [2.75, 3.05) is 39.4 Å². The number of aliphatic imine (C=N–C) groups is 1. The quantitative estimate of drug-likeness (QED) is 0.00690. The zero-order valence-corrected chi connectivity index (χ0v) is 88.9. The first-order chi connectivity index (χ1) is 65.7. The fourth-order valence-corrected chi connectivity index (χ4v) is 15.5. The fraction of sp³-hybridized carbons (Fsp3) is 0.283. The normalized spacial score (nSPS) is 14.1. The van der Waals surface area contributed by atoms with E-state index in [9.17, 15) is 67.1 Å². The number of benzene rings is 5. The number of ether oxygens (including phenoxy) is 2. The molecule has 26 nitrogen and oxygen atoms in total. The van der Waals surface area contributed by atoms with Crippen molar-refractivity contribution in [3.63, 3.8) is 0 Å². The number of aliphatic hydroxyl groups is 3. The van der Waals surface area contributed by atoms with Crippen molar-refractivity contribution in [1.29, 1.82) is 0 Å². The number of methoxy groups -OCH3 is 2. The van der Waals surface area contributed by atoms with Gasteiger partial charge in [0.05, 0.1) is 71.3 Å². The van der Waals surface area contributed by atoms with Gasteiger partial charge in [0.2, 0.25) is 0 Å². The maximum atomic E-state index is 13.0. The van der Waals surface area contributed by atoms with Crippen molar-refractivity contribution in [3.05, 3.63) is 317 Å². The summed E-state index contributed by atoms with van der Waals surface area (Å²) in [6.45, 7) is 5.15. The average molecular weight is 2680 g/mol. The SMILES string of the molecule is CC(=O)OI(OC(C)=O)c1ccccc1.CCO.COC1CCC(N)CC1.COC1CCC(Nc2ccc3nnc(-c4cccc(C(F)(F)F)c4)n3c2)CC1.Clc1ccc(I)cn1.FC(F)(F)c1cccc(-c2nnc3ccc(I)cn23)c1.FC(F)(F)c1cccc(C=NCc2ccc(I)cn2)c1.NCc1ccc(I)cn1.NN.O=Cc1cccc(C(F)(F)F)c1.OCCO.[Cu][I].c1ccncc1. The van der Waals surface area contributed by atoms with Crippen LogP contribution in [-0.4, -0.2) is 147 Å². The Balaban J connectivity index is 0.000000407. The number of halogens is 19. The Morgan fingerprint density at radius 3 is 1.32 bits per heavy atom. The molecule has 2 aliphatic rings. The summed E-state index contributed by atoms with van der Waals surface area (Å²) in [6, 6.07) is 53.8. The summed E-state index contributed by atoms with van der Waals surface area (Å²) in [4.78, 5) is 51.7. The van der Waals surface area contributed by atoms with E-state index in [1.165, 1.54) is 50.4 Å². The smallest absolute Gasteiger partial charge is 0.0267 e. The van der Waals surface area contributed by atoms with Crippen LogP contribution in [0.1, 0.15) is 122 Å². The van der Waals surface area contributed by atoms with Crippen LogP contribution < -0.4 is 28.5 Å². The van der Waals surface area contributed by atoms with Crippen molar-refractivity contribution in [3.8, 4) is 22.8 Å². The molecule has 752 valence electrons. The molecule has 0 radical (unpaired) electrons. The topological polar surface area (TPSA) is 389 Å². The van der Waals surface area contributed by atoms with Crippen LogP contribution in [0.25, 0.3) is 34.1 Å². The van der Waals surface area contributed by atoms with Gasteiger partial charge in [-0.1, -0.05) is 66.2 Å². The zero-order valence-electron chi connectivity index (χ0n) is 74.2. The number of anilines is 1. The Morgan fingerprint density at radius 2 is 0.928 bits per heavy atom. The average Bonchev–Trinajstić information content (AvgIpc) is 1.62. The number of hydrogen-bond donors (Lipinski definition) is 8. The first-order valence-electron chi connectivity index (χ1n) is 40.8. The van der Waals surface area contributed by atoms with Gasteiger partial charge in [-0.3, -0.25) is 45.2 Å². The molecule has 0 aliphatic heterocycles. The molecule has 13 aromatic rings. The van der Waals surface area contributed by atoms with Gasteiger partial charge in [0.1, 0.15) is 11.4 Å². The van der Waals surface area contributed by atoms with Crippen LogP contribution in [0.15, 0.2) is 255 Å². The third kappa shape index (κ3) is 50.1. The number of rotatable bonds is 15. The van der Waals surface area contributed by atoms with Gasteiger partial charge in [0, 0.05) is 120 Å². The summed E-state index contributed by atoms with van der Waals surface area (Å²) < 4.78 is 180. The van der Waals surface area contributed by atoms with Crippen LogP contribution >= 0.6 is 143 Å². The molecule has 0 amide bonds. The maximum absolute atomic E-state index is 13.0. The summed E-state index contributed by atoms with van der Waals surface area (Å²) in [5.74, 6) is 7.92. The van der Waals surface area contributed by atoms with Gasteiger partial charge < -0.3 is 41.6 Å². The molecule has 0 atom stereocenters. The van der Waals surface area contributed by atoms with Crippen molar-refractivity contribution >= 4 is 184 Å². The second-order valence-electron chi connectivity index (χ2n) is 27.8. The van der Waals surface area contributed by atoms with E-state index >= 15 is 0 Å². The predicted molar refractivity (Wildman–Crippen MR) is 553 cm³/mol. The number of nitrogens with one attached hydrogen (secondary N) is 1. The first kappa shape index (κ1) is 124. The zero-order chi connectivity index (χ0) is 103. The monoisotopic (exact) mass is 2680 g/mol. The third-order valence-electron chi connectivity index (χ3n) is 17.6. The van der Waals surface area contributed by atoms with E-state index in [2.05, 4.69) is 165 Å². The number of aromatic nitrogens is 10. The van der Waals surface area contributed by atoms with Gasteiger partial charge in [-0.25, -0.2) is 4.98 Å². The number of nitrogens with zero attached hydrogens (tertiary/aromatic N) is 11. The van der Waals surface area contributed by atoms with E-state index in [1.807, 2.05) is 97.3 Å². The van der Waals surface area contributed by atoms with Crippen LogP contribution in [0.4, 0.5) is 58.4 Å². The molecule has 8 heterocycles. The molecule has 5 aromatic carbocycles. The van der Waals surface area contributed by atoms with Gasteiger partial charge in [-0.2, -0.15) is 52.7 Å². The van der Waals surface area contributed by atoms with Crippen molar-refractivity contribution in [1.82, 2.24) is 49.1 Å². The maximum Gasteiger partial charge on any atom is 0.0267 e. The number of hydrazine groups is 1. The number of pyridine rings is 6. The standard InChI is InChI=1S/C20H21F3N4O.C14H10F3IN2.C13H7F3IN3.C10H11IO4.C8H5F3O.C7H15NO.C6H7IN2.C5H3ClIN.C5H5N.C2H6O2.C2H6O.Cu.HI.H4N2/c1-28-17-8-5-15(6-9-17)24-16-7-10-18-25-26-19(27(18)12-16)13-3-2-4-14(11-13)20(21,22)23;15-14(16,17)11-3-1-2-10(6-11)7-19-9-13-5-4-12(18)8-20-13;14-13(15,16)9-3-1-2-8(6-9)12-19-18-11-5-4-10(17)7-20(11)12;1-8(12)14-11(15-9(2)13)10-6-4-3-5-7-10;9-8(10,11)7-3-1-2-6(4-7)5-12;1-9-7-4-2-6(8)3-5-7;7-5-1-2-6(3-8)9-4-5;6-5-2-1-4(7)3-8-5;1-2-4-6-5-3-1;3-1-2-4;1-2-3;;;1-2/h2-4,7,10-12,15,17,24H,5-6,8-9H2,1H3;1-8H,9H2;1-7H;3-7H,1-2H3;1-5H;6-7H,2-5,8H2,1H3;1-2,4H,3,8H2;1-3H;1-5H;3-4H,1-2H2;3H,2H2,1H3;;1H;1-2H2/q;;;;;;;;;;;+1;;/p-1. The molecule has 0 unspecified atom stereocenters. The van der Waals surface area contributed by atoms with Crippen molar-refractivity contribution in [2.45, 2.75) is 134 Å². The van der Waals surface area contributed by atoms with Gasteiger partial charge in [0.15, 0.2) is 22.9 Å². The number of hydrogen-bond acceptors (Lipinski definition) is 24. The molecule has 15 rings (SSSR count). The van der Waals surface area contributed by atoms with E-state index in [1.54, 1.807) is 124 Å². The van der Waals surface area contributed by atoms with E-state index in [0.29, 0.717) is 88.5 Å². The number of nitrogens with two attached hydrogens (primary N) is 4. The third-order valence-corrected chi connectivity index (χ3v) is 24.1. The molecule has 8 aromatic heterocycles. The van der Waals surface area contributed by atoms with Crippen LogP contribution in [0.3, 0.4) is 0 Å². The molecule has 46 heteroatoms. The Labute approximate surface area is 877 Å². The molecule has 0 bridgehead atoms. The van der Waals surface area contributed by atoms with Crippen LogP contribution in [-0.2, 0) is 75.8 Å². The molecule has 12 N–H and O–H groups in total. The van der Waals surface area contributed by atoms with Crippen molar-refractivity contribution in [2.24, 2.45) is 28.1 Å². The number of fused-ring (bicyclic) bond motifs is 2. The van der Waals surface area contributed by atoms with Gasteiger partial charge in [0.25, 0.3) is 0 Å². The van der Waals surface area contributed by atoms with Crippen molar-refractivity contribution < 1.29 is 111 Å². The Morgan fingerprint density at radius 1 is 0.522 bits per heavy atom. The largest absolute Gasteiger partial charge is 0.265 e. The summed E-state index contributed by atoms with van der Waals surface area (Å²) in [6.07, 6.45) is 6.15. The second-order valence-corrected chi connectivity index (χ2v) is 36.5. The molecule has 0 saturated heterocycles. The minimum Gasteiger partial charge on any atom is -0.265 e. The summed E-state index contributed by atoms with van der Waals surface area (Å²) in [5, 5.41) is 43.0. The summed E-state index contributed by atoms with van der Waals surface area (Å²) in [7, 11) is 3.52. The minimum atomic E-state index is -4.40. The van der Waals surface area contributed by atoms with E-state index in [-0.39, 0.29) is 25.4 Å². The fourth-order valence-electron chi connectivity index (χ4n) is 11.3. The minimum absolute atomic E-state index is 0.0322. The molecule has 138 heavy (non-hydrogen) atoms. The van der Waals surface area contributed by atoms with Crippen LogP contribution in [0, 0.1) is 17.9 Å². The summed E-state index contributed by atoms with van der Waals surface area (Å²) >= 11 is 17.4. The molecule has 0 spiro atoms. The number of aldehydes is 1. The molecular weight excluding hydrogens is 2580 g/mol. The van der Waals surface area contributed by atoms with Gasteiger partial charge in [-0.05, 0) is 276 Å². The molecular formula is C92H100ClCuF12I6N16O10. The van der Waals surface area contributed by atoms with E-state index in [0.717, 1.165) is 135 Å². The number of alkyl halides is 12. The molecule has 2 saturated carbocycles. The summed E-state index contributed by atoms with van der Waals surface area (Å²) in [5.41, 5.74) is 13.2. The predicted octanol–water partition coefficient (Wildman–Crippen LogP) is 22.1. The number of aliphatic hydroxyl groups excluding tert-OH is 3. The molecule has 2 aliphatic carbocycles. The Hall–Kier alpha value is -7.99. The molecule has 2 fully saturated rings. The van der Waals surface area contributed by atoms with Crippen LogP contribution in [0.5, 0.6) is 0 Å². The van der Waals surface area contributed by atoms with Gasteiger partial charge in [-0.15, -0.1) is 20.4 Å². The Bertz CT molecular complexity index is 5560.